The Morgan fingerprint density at radius 1 is 1.00 bits per heavy atom. The zero-order valence-electron chi connectivity index (χ0n) is 17.4. The molecule has 2 fully saturated rings. The van der Waals surface area contributed by atoms with Crippen molar-refractivity contribution < 1.29 is 14.0 Å². The average molecular weight is 426 g/mol. The number of piperidine rings is 2. The summed E-state index contributed by atoms with van der Waals surface area (Å²) in [5.41, 5.74) is 6.44. The number of aromatic nitrogens is 3. The van der Waals surface area contributed by atoms with Crippen LogP contribution in [-0.2, 0) is 11.3 Å². The van der Waals surface area contributed by atoms with E-state index in [-0.39, 0.29) is 35.2 Å². The molecule has 0 atom stereocenters. The van der Waals surface area contributed by atoms with Gasteiger partial charge in [-0.2, -0.15) is 0 Å². The molecular weight excluding hydrogens is 399 g/mol. The zero-order chi connectivity index (χ0) is 21.8. The lowest BCUT2D eigenvalue weighted by molar-refractivity contribution is -0.138. The summed E-state index contributed by atoms with van der Waals surface area (Å²) in [6.07, 6.45) is 7.64. The van der Waals surface area contributed by atoms with Gasteiger partial charge < -0.3 is 10.6 Å². The van der Waals surface area contributed by atoms with Crippen molar-refractivity contribution in [2.75, 3.05) is 31.9 Å². The highest BCUT2D eigenvalue weighted by atomic mass is 19.1. The van der Waals surface area contributed by atoms with Gasteiger partial charge in [-0.3, -0.25) is 19.5 Å². The summed E-state index contributed by atoms with van der Waals surface area (Å²) in [5, 5.41) is 0. The lowest BCUT2D eigenvalue weighted by Gasteiger charge is -2.37. The van der Waals surface area contributed by atoms with Gasteiger partial charge in [-0.15, -0.1) is 0 Å². The summed E-state index contributed by atoms with van der Waals surface area (Å²) in [7, 11) is 0. The van der Waals surface area contributed by atoms with Gasteiger partial charge in [0.15, 0.2) is 11.6 Å². The molecule has 2 saturated heterocycles. The topological polar surface area (TPSA) is 105 Å². The summed E-state index contributed by atoms with van der Waals surface area (Å²) in [6.45, 7) is 3.50. The molecule has 0 bridgehead atoms. The van der Waals surface area contributed by atoms with Crippen LogP contribution in [-0.4, -0.2) is 62.6 Å². The van der Waals surface area contributed by atoms with Gasteiger partial charge in [-0.25, -0.2) is 14.4 Å². The molecule has 0 spiro atoms. The quantitative estimate of drug-likeness (QED) is 0.728. The molecule has 8 nitrogen and oxygen atoms in total. The summed E-state index contributed by atoms with van der Waals surface area (Å²) in [4.78, 5) is 41.7. The van der Waals surface area contributed by atoms with Gasteiger partial charge in [0.25, 0.3) is 0 Å². The fourth-order valence-corrected chi connectivity index (χ4v) is 4.42. The number of carbonyl (C=O) groups is 2. The first-order valence-corrected chi connectivity index (χ1v) is 10.7. The number of ketones is 1. The molecule has 0 unspecified atom stereocenters. The van der Waals surface area contributed by atoms with E-state index in [0.717, 1.165) is 38.0 Å². The summed E-state index contributed by atoms with van der Waals surface area (Å²) in [5.74, 6) is -0.667. The van der Waals surface area contributed by atoms with Crippen LogP contribution in [0.3, 0.4) is 0 Å². The number of nitrogens with zero attached hydrogens (tertiary/aromatic N) is 5. The highest BCUT2D eigenvalue weighted by molar-refractivity contribution is 5.96. The second kappa shape index (κ2) is 9.47. The van der Waals surface area contributed by atoms with Gasteiger partial charge in [0.1, 0.15) is 5.69 Å². The number of nitrogen functional groups attached to an aromatic ring is 1. The number of carbonyl (C=O) groups excluding carboxylic acids is 2. The molecule has 0 radical (unpaired) electrons. The number of anilines is 1. The Kier molecular flexibility index (Phi) is 6.50. The maximum atomic E-state index is 13.9. The third-order valence-electron chi connectivity index (χ3n) is 6.24. The van der Waals surface area contributed by atoms with E-state index in [9.17, 15) is 14.0 Å². The predicted molar refractivity (Wildman–Crippen MR) is 112 cm³/mol. The Hall–Kier alpha value is -2.94. The van der Waals surface area contributed by atoms with Gasteiger partial charge in [-0.1, -0.05) is 0 Å². The lowest BCUT2D eigenvalue weighted by Crippen LogP contribution is -2.46. The first-order valence-electron chi connectivity index (χ1n) is 10.7. The van der Waals surface area contributed by atoms with Gasteiger partial charge in [0, 0.05) is 55.6 Å². The van der Waals surface area contributed by atoms with E-state index >= 15 is 0 Å². The number of pyridine rings is 1. The third kappa shape index (κ3) is 5.04. The Balaban J connectivity index is 1.24. The number of halogens is 1. The average Bonchev–Trinajstić information content (AvgIpc) is 2.81. The second-order valence-electron chi connectivity index (χ2n) is 8.30. The minimum atomic E-state index is -0.580. The van der Waals surface area contributed by atoms with E-state index in [1.54, 1.807) is 12.4 Å². The van der Waals surface area contributed by atoms with E-state index in [4.69, 9.17) is 5.73 Å². The van der Waals surface area contributed by atoms with Crippen molar-refractivity contribution in [1.82, 2.24) is 24.8 Å². The molecule has 2 N–H and O–H groups in total. The summed E-state index contributed by atoms with van der Waals surface area (Å²) >= 11 is 0. The minimum absolute atomic E-state index is 0.0133. The number of hydrogen-bond donors (Lipinski definition) is 1. The normalized spacial score (nSPS) is 18.8. The van der Waals surface area contributed by atoms with E-state index < -0.39 is 5.82 Å². The van der Waals surface area contributed by atoms with Gasteiger partial charge >= 0.3 is 0 Å². The molecule has 2 aliphatic heterocycles. The Bertz CT molecular complexity index is 922. The minimum Gasteiger partial charge on any atom is -0.368 e. The molecule has 0 saturated carbocycles. The number of hydrogen-bond acceptors (Lipinski definition) is 7. The fraction of sp³-hybridized carbons (Fsp3) is 0.500. The largest absolute Gasteiger partial charge is 0.368 e. The van der Waals surface area contributed by atoms with Crippen molar-refractivity contribution in [3.8, 4) is 0 Å². The summed E-state index contributed by atoms with van der Waals surface area (Å²) in [6, 6.07) is 2.73. The standard InChI is InChI=1S/C22H27FN6O2/c23-18-2-1-7-25-19(18)20(30)16-5-10-29(11-6-16)21(31)17-3-8-28(9-4-17)14-15-12-26-22(24)27-13-15/h1-2,7,12-13,16-17H,3-6,8-11,14H2,(H2,24,26,27). The van der Waals surface area contributed by atoms with Crippen molar-refractivity contribution in [3.63, 3.8) is 0 Å². The van der Waals surface area contributed by atoms with Crippen LogP contribution < -0.4 is 5.73 Å². The molecule has 2 aromatic rings. The van der Waals surface area contributed by atoms with Crippen molar-refractivity contribution in [1.29, 1.82) is 0 Å². The molecule has 31 heavy (non-hydrogen) atoms. The Morgan fingerprint density at radius 3 is 2.29 bits per heavy atom. The van der Waals surface area contributed by atoms with E-state index in [1.165, 1.54) is 18.3 Å². The number of likely N-dealkylation sites (tertiary alicyclic amines) is 2. The van der Waals surface area contributed by atoms with Gasteiger partial charge in [-0.05, 0) is 50.9 Å². The van der Waals surface area contributed by atoms with Crippen molar-refractivity contribution >= 4 is 17.6 Å². The van der Waals surface area contributed by atoms with E-state index in [2.05, 4.69) is 19.9 Å². The van der Waals surface area contributed by atoms with Crippen LogP contribution in [0.15, 0.2) is 30.7 Å². The first-order chi connectivity index (χ1) is 15.0. The highest BCUT2D eigenvalue weighted by Gasteiger charge is 2.33. The van der Waals surface area contributed by atoms with Crippen LogP contribution in [0.5, 0.6) is 0 Å². The molecule has 4 heterocycles. The zero-order valence-corrected chi connectivity index (χ0v) is 17.4. The second-order valence-corrected chi connectivity index (χ2v) is 8.30. The summed E-state index contributed by atoms with van der Waals surface area (Å²) < 4.78 is 13.9. The van der Waals surface area contributed by atoms with Crippen molar-refractivity contribution in [3.05, 3.63) is 47.8 Å². The molecule has 9 heteroatoms. The molecule has 4 rings (SSSR count). The lowest BCUT2D eigenvalue weighted by atomic mass is 9.88. The predicted octanol–water partition coefficient (Wildman–Crippen LogP) is 1.93. The molecule has 0 aromatic carbocycles. The first kappa shape index (κ1) is 21.3. The van der Waals surface area contributed by atoms with Crippen LogP contribution >= 0.6 is 0 Å². The molecule has 2 aliphatic rings. The van der Waals surface area contributed by atoms with Crippen LogP contribution in [0, 0.1) is 17.7 Å². The molecule has 2 aromatic heterocycles. The van der Waals surface area contributed by atoms with E-state index in [0.29, 0.717) is 25.9 Å². The van der Waals surface area contributed by atoms with Crippen LogP contribution in [0.1, 0.15) is 41.7 Å². The van der Waals surface area contributed by atoms with Crippen LogP contribution in [0.4, 0.5) is 10.3 Å². The Labute approximate surface area is 180 Å². The molecule has 1 amide bonds. The number of amides is 1. The van der Waals surface area contributed by atoms with Crippen LogP contribution in [0.2, 0.25) is 0 Å². The van der Waals surface area contributed by atoms with Crippen molar-refractivity contribution in [2.24, 2.45) is 11.8 Å². The molecular formula is C22H27FN6O2. The highest BCUT2D eigenvalue weighted by Crippen LogP contribution is 2.26. The third-order valence-corrected chi connectivity index (χ3v) is 6.24. The SMILES string of the molecule is Nc1ncc(CN2CCC(C(=O)N3CCC(C(=O)c4ncccc4F)CC3)CC2)cn1. The fourth-order valence-electron chi connectivity index (χ4n) is 4.42. The molecule has 164 valence electrons. The number of nitrogens with two attached hydrogens (primary N) is 1. The van der Waals surface area contributed by atoms with Crippen LogP contribution in [0.25, 0.3) is 0 Å². The Morgan fingerprint density at radius 2 is 1.65 bits per heavy atom. The van der Waals surface area contributed by atoms with E-state index in [1.807, 2.05) is 4.90 Å². The maximum absolute atomic E-state index is 13.9. The smallest absolute Gasteiger partial charge is 0.225 e. The maximum Gasteiger partial charge on any atom is 0.225 e. The monoisotopic (exact) mass is 426 g/mol. The van der Waals surface area contributed by atoms with Crippen molar-refractivity contribution in [2.45, 2.75) is 32.2 Å². The van der Waals surface area contributed by atoms with Gasteiger partial charge in [0.05, 0.1) is 0 Å². The van der Waals surface area contributed by atoms with Gasteiger partial charge in [0.2, 0.25) is 11.9 Å². The number of Topliss-reactive ketones (excluding diaryl/α,β-unsaturated/α-hetero) is 1. The molecule has 0 aliphatic carbocycles. The number of rotatable bonds is 5.